The van der Waals surface area contributed by atoms with Gasteiger partial charge in [0.05, 0.1) is 0 Å². The molecule has 128 valence electrons. The maximum atomic E-state index is 12.3. The van der Waals surface area contributed by atoms with E-state index in [-0.39, 0.29) is 34.2 Å². The first-order valence-electron chi connectivity index (χ1n) is 7.41. The number of aromatic nitrogens is 2. The van der Waals surface area contributed by atoms with Crippen molar-refractivity contribution in [3.05, 3.63) is 35.7 Å². The van der Waals surface area contributed by atoms with Gasteiger partial charge in [-0.25, -0.2) is 0 Å². The minimum atomic E-state index is -4.36. The third kappa shape index (κ3) is 4.28. The average molecular weight is 357 g/mol. The predicted octanol–water partition coefficient (Wildman–Crippen LogP) is 4.59. The third-order valence-corrected chi connectivity index (χ3v) is 4.45. The summed E-state index contributed by atoms with van der Waals surface area (Å²) in [5.74, 6) is 0.238. The van der Waals surface area contributed by atoms with Crippen molar-refractivity contribution in [3.8, 4) is 0 Å². The van der Waals surface area contributed by atoms with Crippen LogP contribution >= 0.6 is 11.8 Å². The van der Waals surface area contributed by atoms with Gasteiger partial charge in [-0.3, -0.25) is 10.1 Å². The van der Waals surface area contributed by atoms with Crippen molar-refractivity contribution in [1.29, 1.82) is 0 Å². The smallest absolute Gasteiger partial charge is 0.408 e. The summed E-state index contributed by atoms with van der Waals surface area (Å²) < 4.78 is 42.3. The molecule has 5 nitrogen and oxygen atoms in total. The van der Waals surface area contributed by atoms with E-state index in [1.807, 2.05) is 0 Å². The normalized spacial score (nSPS) is 15.6. The van der Waals surface area contributed by atoms with E-state index >= 15 is 0 Å². The van der Waals surface area contributed by atoms with Crippen LogP contribution in [0.2, 0.25) is 0 Å². The lowest BCUT2D eigenvalue weighted by atomic mass is 10.1. The van der Waals surface area contributed by atoms with Crippen molar-refractivity contribution in [2.45, 2.75) is 42.0 Å². The fraction of sp³-hybridized carbons (Fsp3) is 0.400. The van der Waals surface area contributed by atoms with E-state index in [0.717, 1.165) is 25.7 Å². The van der Waals surface area contributed by atoms with Crippen LogP contribution in [0.5, 0.6) is 0 Å². The predicted molar refractivity (Wildman–Crippen MR) is 81.8 cm³/mol. The summed E-state index contributed by atoms with van der Waals surface area (Å²) in [5.41, 5.74) is -4.15. The molecule has 0 unspecified atom stereocenters. The molecule has 0 bridgehead atoms. The van der Waals surface area contributed by atoms with E-state index in [2.05, 4.69) is 15.5 Å². The van der Waals surface area contributed by atoms with Crippen LogP contribution in [-0.2, 0) is 0 Å². The monoisotopic (exact) mass is 357 g/mol. The molecule has 0 spiro atoms. The van der Waals surface area contributed by atoms with Gasteiger partial charge in [0.25, 0.3) is 5.91 Å². The SMILES string of the molecule is O=C(Nc1nnc(C2CCCC2)o1)c1ccc(SC(F)(F)F)cc1. The molecule has 0 atom stereocenters. The van der Waals surface area contributed by atoms with E-state index in [9.17, 15) is 18.0 Å². The van der Waals surface area contributed by atoms with Crippen molar-refractivity contribution >= 4 is 23.7 Å². The summed E-state index contributed by atoms with van der Waals surface area (Å²) in [6.45, 7) is 0. The number of benzene rings is 1. The molecule has 0 radical (unpaired) electrons. The maximum absolute atomic E-state index is 12.3. The number of nitrogens with one attached hydrogen (secondary N) is 1. The molecule has 1 heterocycles. The second-order valence-corrected chi connectivity index (χ2v) is 6.59. The van der Waals surface area contributed by atoms with Gasteiger partial charge in [0.1, 0.15) is 0 Å². The molecular formula is C15H14F3N3O2S. The highest BCUT2D eigenvalue weighted by Crippen LogP contribution is 2.37. The van der Waals surface area contributed by atoms with E-state index in [1.54, 1.807) is 0 Å². The molecule has 2 aromatic rings. The van der Waals surface area contributed by atoms with E-state index < -0.39 is 11.4 Å². The highest BCUT2D eigenvalue weighted by molar-refractivity contribution is 8.00. The van der Waals surface area contributed by atoms with E-state index in [0.29, 0.717) is 5.89 Å². The first-order valence-corrected chi connectivity index (χ1v) is 8.23. The van der Waals surface area contributed by atoms with Gasteiger partial charge >= 0.3 is 11.5 Å². The molecule has 24 heavy (non-hydrogen) atoms. The van der Waals surface area contributed by atoms with Crippen LogP contribution < -0.4 is 5.32 Å². The third-order valence-electron chi connectivity index (χ3n) is 3.72. The summed E-state index contributed by atoms with van der Waals surface area (Å²) in [4.78, 5) is 12.1. The molecule has 1 amide bonds. The van der Waals surface area contributed by atoms with Crippen molar-refractivity contribution in [1.82, 2.24) is 10.2 Å². The Hall–Kier alpha value is -2.03. The van der Waals surface area contributed by atoms with Crippen molar-refractivity contribution in [2.75, 3.05) is 5.32 Å². The van der Waals surface area contributed by atoms with Crippen LogP contribution in [0.25, 0.3) is 0 Å². The first kappa shape index (κ1) is 16.8. The van der Waals surface area contributed by atoms with Gasteiger partial charge in [0.2, 0.25) is 5.89 Å². The van der Waals surface area contributed by atoms with E-state index in [1.165, 1.54) is 24.3 Å². The lowest BCUT2D eigenvalue weighted by Gasteiger charge is -2.06. The van der Waals surface area contributed by atoms with Gasteiger partial charge in [0.15, 0.2) is 0 Å². The van der Waals surface area contributed by atoms with Crippen molar-refractivity contribution in [2.24, 2.45) is 0 Å². The van der Waals surface area contributed by atoms with Gasteiger partial charge in [-0.2, -0.15) is 13.2 Å². The first-order chi connectivity index (χ1) is 11.4. The van der Waals surface area contributed by atoms with Gasteiger partial charge in [0, 0.05) is 16.4 Å². The molecule has 1 aromatic heterocycles. The van der Waals surface area contributed by atoms with Gasteiger partial charge < -0.3 is 4.42 Å². The molecule has 1 fully saturated rings. The van der Waals surface area contributed by atoms with Crippen molar-refractivity contribution in [3.63, 3.8) is 0 Å². The standard InChI is InChI=1S/C15H14F3N3O2S/c16-15(17,18)24-11-7-5-9(6-8-11)12(22)19-14-21-20-13(23-14)10-3-1-2-4-10/h5-8,10H,1-4H2,(H,19,21,22). The zero-order valence-electron chi connectivity index (χ0n) is 12.5. The van der Waals surface area contributed by atoms with Crippen LogP contribution in [0.1, 0.15) is 47.8 Å². The summed E-state index contributed by atoms with van der Waals surface area (Å²) in [6, 6.07) is 5.11. The van der Waals surface area contributed by atoms with Gasteiger partial charge in [-0.1, -0.05) is 17.9 Å². The van der Waals surface area contributed by atoms with Crippen LogP contribution in [0.4, 0.5) is 19.2 Å². The maximum Gasteiger partial charge on any atom is 0.446 e. The summed E-state index contributed by atoms with van der Waals surface area (Å²) in [7, 11) is 0. The quantitative estimate of drug-likeness (QED) is 0.811. The largest absolute Gasteiger partial charge is 0.446 e. The molecule has 1 N–H and O–H groups in total. The Kier molecular flexibility index (Phi) is 4.79. The van der Waals surface area contributed by atoms with Crippen LogP contribution in [-0.4, -0.2) is 21.6 Å². The van der Waals surface area contributed by atoms with Crippen LogP contribution in [0.15, 0.2) is 33.6 Å². The molecule has 9 heteroatoms. The van der Waals surface area contributed by atoms with E-state index in [4.69, 9.17) is 4.42 Å². The Morgan fingerprint density at radius 2 is 1.83 bits per heavy atom. The fourth-order valence-electron chi connectivity index (χ4n) is 2.60. The highest BCUT2D eigenvalue weighted by atomic mass is 32.2. The Labute approximate surface area is 140 Å². The minimum Gasteiger partial charge on any atom is -0.408 e. The summed E-state index contributed by atoms with van der Waals surface area (Å²) in [6.07, 6.45) is 4.23. The molecule has 1 aliphatic carbocycles. The topological polar surface area (TPSA) is 68.0 Å². The number of carbonyl (C=O) groups is 1. The number of alkyl halides is 3. The number of thioether (sulfide) groups is 1. The number of carbonyl (C=O) groups excluding carboxylic acids is 1. The van der Waals surface area contributed by atoms with Crippen molar-refractivity contribution < 1.29 is 22.4 Å². The van der Waals surface area contributed by atoms with Crippen LogP contribution in [0.3, 0.4) is 0 Å². The number of halogens is 3. The molecule has 1 aromatic carbocycles. The summed E-state index contributed by atoms with van der Waals surface area (Å²) >= 11 is -0.230. The number of anilines is 1. The minimum absolute atomic E-state index is 0.00403. The van der Waals surface area contributed by atoms with Crippen LogP contribution in [0, 0.1) is 0 Å². The average Bonchev–Trinajstić information content (AvgIpc) is 3.16. The Morgan fingerprint density at radius 1 is 1.17 bits per heavy atom. The second kappa shape index (κ2) is 6.84. The molecule has 1 saturated carbocycles. The zero-order chi connectivity index (χ0) is 17.2. The molecule has 1 aliphatic rings. The Balaban J connectivity index is 1.62. The Morgan fingerprint density at radius 3 is 2.46 bits per heavy atom. The Bertz CT molecular complexity index is 709. The number of amides is 1. The molecule has 3 rings (SSSR count). The fourth-order valence-corrected chi connectivity index (χ4v) is 3.14. The number of nitrogens with zero attached hydrogens (tertiary/aromatic N) is 2. The highest BCUT2D eigenvalue weighted by Gasteiger charge is 2.29. The number of rotatable bonds is 4. The van der Waals surface area contributed by atoms with Gasteiger partial charge in [-0.05, 0) is 48.9 Å². The molecule has 0 saturated heterocycles. The summed E-state index contributed by atoms with van der Waals surface area (Å²) in [5, 5.41) is 10.2. The zero-order valence-corrected chi connectivity index (χ0v) is 13.3. The second-order valence-electron chi connectivity index (χ2n) is 5.45. The number of hydrogen-bond donors (Lipinski definition) is 1. The molecule has 0 aliphatic heterocycles. The lowest BCUT2D eigenvalue weighted by Crippen LogP contribution is -2.12. The van der Waals surface area contributed by atoms with Gasteiger partial charge in [-0.15, -0.1) is 5.10 Å². The lowest BCUT2D eigenvalue weighted by molar-refractivity contribution is -0.0328. The number of hydrogen-bond acceptors (Lipinski definition) is 5. The molecular weight excluding hydrogens is 343 g/mol.